The van der Waals surface area contributed by atoms with Gasteiger partial charge in [0.15, 0.2) is 0 Å². The summed E-state index contributed by atoms with van der Waals surface area (Å²) in [5, 5.41) is 9.21. The Morgan fingerprint density at radius 2 is 2.22 bits per heavy atom. The lowest BCUT2D eigenvalue weighted by molar-refractivity contribution is -0.141. The average Bonchev–Trinajstić information content (AvgIpc) is 2.35. The standard InChI is InChI=1S/C15H19NO2/c1-11(2)7-8-16-10-13(15(17)18)9-12-5-3-4-6-14(12)16/h3-6,13H,1,7-10H2,2H3,(H,17,18). The van der Waals surface area contributed by atoms with E-state index in [0.29, 0.717) is 13.0 Å². The molecule has 1 atom stereocenters. The van der Waals surface area contributed by atoms with Crippen LogP contribution in [0.15, 0.2) is 36.4 Å². The molecule has 1 aliphatic heterocycles. The Hall–Kier alpha value is -1.77. The Morgan fingerprint density at radius 3 is 2.89 bits per heavy atom. The van der Waals surface area contributed by atoms with E-state index in [0.717, 1.165) is 24.1 Å². The third-order valence-corrected chi connectivity index (χ3v) is 3.40. The zero-order valence-electron chi connectivity index (χ0n) is 10.7. The van der Waals surface area contributed by atoms with E-state index in [1.165, 1.54) is 5.69 Å². The van der Waals surface area contributed by atoms with Crippen molar-refractivity contribution >= 4 is 11.7 Å². The second kappa shape index (κ2) is 5.25. The first-order chi connectivity index (χ1) is 8.58. The van der Waals surface area contributed by atoms with Gasteiger partial charge >= 0.3 is 5.97 Å². The molecule has 3 heteroatoms. The van der Waals surface area contributed by atoms with Crippen molar-refractivity contribution in [2.45, 2.75) is 19.8 Å². The summed E-state index contributed by atoms with van der Waals surface area (Å²) in [5.41, 5.74) is 3.44. The van der Waals surface area contributed by atoms with Crippen LogP contribution in [0.25, 0.3) is 0 Å². The van der Waals surface area contributed by atoms with E-state index in [9.17, 15) is 9.90 Å². The molecule has 1 unspecified atom stereocenters. The van der Waals surface area contributed by atoms with Gasteiger partial charge in [-0.3, -0.25) is 4.79 Å². The SMILES string of the molecule is C=C(C)CCN1CC(C(=O)O)Cc2ccccc21. The number of benzene rings is 1. The van der Waals surface area contributed by atoms with Gasteiger partial charge in [0.25, 0.3) is 0 Å². The molecule has 1 N–H and O–H groups in total. The molecule has 0 saturated carbocycles. The van der Waals surface area contributed by atoms with E-state index in [2.05, 4.69) is 17.5 Å². The number of para-hydroxylation sites is 1. The van der Waals surface area contributed by atoms with Crippen molar-refractivity contribution in [1.82, 2.24) is 0 Å². The lowest BCUT2D eigenvalue weighted by atomic mass is 9.92. The zero-order chi connectivity index (χ0) is 13.1. The number of hydrogen-bond donors (Lipinski definition) is 1. The molecule has 1 aromatic carbocycles. The lowest BCUT2D eigenvalue weighted by Gasteiger charge is -2.34. The number of nitrogens with zero attached hydrogens (tertiary/aromatic N) is 1. The number of aliphatic carboxylic acids is 1. The Bertz CT molecular complexity index is 467. The smallest absolute Gasteiger partial charge is 0.308 e. The van der Waals surface area contributed by atoms with E-state index in [-0.39, 0.29) is 5.92 Å². The molecule has 0 fully saturated rings. The molecule has 0 aromatic heterocycles. The fraction of sp³-hybridized carbons (Fsp3) is 0.400. The summed E-state index contributed by atoms with van der Waals surface area (Å²) in [6, 6.07) is 8.08. The van der Waals surface area contributed by atoms with Crippen molar-refractivity contribution < 1.29 is 9.90 Å². The monoisotopic (exact) mass is 245 g/mol. The van der Waals surface area contributed by atoms with Gasteiger partial charge in [0.05, 0.1) is 5.92 Å². The van der Waals surface area contributed by atoms with Crippen LogP contribution >= 0.6 is 0 Å². The van der Waals surface area contributed by atoms with Crippen LogP contribution in [0, 0.1) is 5.92 Å². The van der Waals surface area contributed by atoms with Crippen molar-refractivity contribution in [3.8, 4) is 0 Å². The topological polar surface area (TPSA) is 40.5 Å². The van der Waals surface area contributed by atoms with Gasteiger partial charge < -0.3 is 10.0 Å². The van der Waals surface area contributed by atoms with Crippen LogP contribution in [-0.4, -0.2) is 24.2 Å². The molecule has 0 aliphatic carbocycles. The van der Waals surface area contributed by atoms with E-state index < -0.39 is 5.97 Å². The second-order valence-electron chi connectivity index (χ2n) is 5.02. The van der Waals surface area contributed by atoms with Crippen molar-refractivity contribution in [3.05, 3.63) is 42.0 Å². The number of carbonyl (C=O) groups is 1. The van der Waals surface area contributed by atoms with Gasteiger partial charge in [-0.05, 0) is 31.4 Å². The lowest BCUT2D eigenvalue weighted by Crippen LogP contribution is -2.39. The molecule has 1 aliphatic rings. The van der Waals surface area contributed by atoms with Crippen LogP contribution in [0.1, 0.15) is 18.9 Å². The number of hydrogen-bond acceptors (Lipinski definition) is 2. The Labute approximate surface area is 108 Å². The fourth-order valence-corrected chi connectivity index (χ4v) is 2.39. The van der Waals surface area contributed by atoms with E-state index in [1.807, 2.05) is 25.1 Å². The predicted molar refractivity (Wildman–Crippen MR) is 72.9 cm³/mol. The number of rotatable bonds is 4. The molecule has 3 nitrogen and oxygen atoms in total. The molecule has 0 spiro atoms. The molecule has 0 amide bonds. The predicted octanol–water partition coefficient (Wildman–Crippen LogP) is 2.72. The van der Waals surface area contributed by atoms with Gasteiger partial charge in [0.1, 0.15) is 0 Å². The molecular weight excluding hydrogens is 226 g/mol. The Morgan fingerprint density at radius 1 is 1.50 bits per heavy atom. The normalized spacial score (nSPS) is 18.3. The van der Waals surface area contributed by atoms with Crippen LogP contribution in [0.3, 0.4) is 0 Å². The van der Waals surface area contributed by atoms with Crippen molar-refractivity contribution in [2.24, 2.45) is 5.92 Å². The largest absolute Gasteiger partial charge is 0.481 e. The Balaban J connectivity index is 2.22. The number of carboxylic acid groups (broad SMARTS) is 1. The minimum absolute atomic E-state index is 0.301. The first-order valence-corrected chi connectivity index (χ1v) is 6.28. The highest BCUT2D eigenvalue weighted by molar-refractivity contribution is 5.73. The molecule has 0 bridgehead atoms. The van der Waals surface area contributed by atoms with Crippen LogP contribution in [0.5, 0.6) is 0 Å². The average molecular weight is 245 g/mol. The quantitative estimate of drug-likeness (QED) is 0.829. The minimum Gasteiger partial charge on any atom is -0.481 e. The first kappa shape index (κ1) is 12.7. The zero-order valence-corrected chi connectivity index (χ0v) is 10.7. The summed E-state index contributed by atoms with van der Waals surface area (Å²) in [6.07, 6.45) is 1.54. The van der Waals surface area contributed by atoms with Gasteiger partial charge in [0, 0.05) is 18.8 Å². The fourth-order valence-electron chi connectivity index (χ4n) is 2.39. The maximum Gasteiger partial charge on any atom is 0.308 e. The highest BCUT2D eigenvalue weighted by atomic mass is 16.4. The third kappa shape index (κ3) is 2.73. The van der Waals surface area contributed by atoms with E-state index in [4.69, 9.17) is 0 Å². The highest BCUT2D eigenvalue weighted by Gasteiger charge is 2.28. The van der Waals surface area contributed by atoms with Crippen molar-refractivity contribution in [3.63, 3.8) is 0 Å². The van der Waals surface area contributed by atoms with Crippen molar-refractivity contribution in [2.75, 3.05) is 18.0 Å². The maximum atomic E-state index is 11.2. The first-order valence-electron chi connectivity index (χ1n) is 6.28. The van der Waals surface area contributed by atoms with E-state index in [1.54, 1.807) is 0 Å². The summed E-state index contributed by atoms with van der Waals surface area (Å²) >= 11 is 0. The second-order valence-corrected chi connectivity index (χ2v) is 5.02. The van der Waals surface area contributed by atoms with E-state index >= 15 is 0 Å². The Kier molecular flexibility index (Phi) is 3.70. The van der Waals surface area contributed by atoms with Gasteiger partial charge in [0.2, 0.25) is 0 Å². The van der Waals surface area contributed by atoms with Crippen molar-refractivity contribution in [1.29, 1.82) is 0 Å². The molecule has 2 rings (SSSR count). The summed E-state index contributed by atoms with van der Waals surface area (Å²) in [5.74, 6) is -1.00. The third-order valence-electron chi connectivity index (χ3n) is 3.40. The van der Waals surface area contributed by atoms with Gasteiger partial charge in [-0.25, -0.2) is 0 Å². The molecule has 0 saturated heterocycles. The molecule has 96 valence electrons. The molecule has 1 heterocycles. The molecule has 18 heavy (non-hydrogen) atoms. The minimum atomic E-state index is -0.704. The van der Waals surface area contributed by atoms with Crippen LogP contribution < -0.4 is 4.90 Å². The van der Waals surface area contributed by atoms with Gasteiger partial charge in [-0.1, -0.05) is 23.8 Å². The summed E-state index contributed by atoms with van der Waals surface area (Å²) < 4.78 is 0. The van der Waals surface area contributed by atoms with Gasteiger partial charge in [-0.15, -0.1) is 6.58 Å². The maximum absolute atomic E-state index is 11.2. The van der Waals surface area contributed by atoms with Gasteiger partial charge in [-0.2, -0.15) is 0 Å². The molecular formula is C15H19NO2. The molecule has 0 radical (unpaired) electrons. The number of fused-ring (bicyclic) bond motifs is 1. The summed E-state index contributed by atoms with van der Waals surface area (Å²) in [4.78, 5) is 13.4. The van der Waals surface area contributed by atoms with Crippen LogP contribution in [0.2, 0.25) is 0 Å². The highest BCUT2D eigenvalue weighted by Crippen LogP contribution is 2.30. The summed E-state index contributed by atoms with van der Waals surface area (Å²) in [6.45, 7) is 7.35. The summed E-state index contributed by atoms with van der Waals surface area (Å²) in [7, 11) is 0. The number of carboxylic acids is 1. The van der Waals surface area contributed by atoms with Crippen LogP contribution in [0.4, 0.5) is 5.69 Å². The number of anilines is 1. The van der Waals surface area contributed by atoms with Crippen LogP contribution in [-0.2, 0) is 11.2 Å². The molecule has 1 aromatic rings.